The van der Waals surface area contributed by atoms with E-state index in [0.717, 1.165) is 0 Å². The predicted octanol–water partition coefficient (Wildman–Crippen LogP) is 0.320. The van der Waals surface area contributed by atoms with E-state index in [1.54, 1.807) is 4.90 Å². The number of aromatic nitrogens is 3. The summed E-state index contributed by atoms with van der Waals surface area (Å²) in [6, 6.07) is 0. The molecule has 0 radical (unpaired) electrons. The maximum atomic E-state index is 12.1. The van der Waals surface area contributed by atoms with E-state index in [1.165, 1.54) is 6.33 Å². The average Bonchev–Trinajstić information content (AvgIpc) is 2.90. The minimum absolute atomic E-state index is 0.188. The second-order valence-corrected chi connectivity index (χ2v) is 3.52. The summed E-state index contributed by atoms with van der Waals surface area (Å²) in [5.74, 6) is 0.0508. The highest BCUT2D eigenvalue weighted by Gasteiger charge is 2.17. The van der Waals surface area contributed by atoms with Crippen LogP contribution in [0.15, 0.2) is 6.33 Å². The molecule has 7 nitrogen and oxygen atoms in total. The molecule has 0 fully saturated rings. The molecule has 0 aliphatic heterocycles. The Bertz CT molecular complexity index is 319. The number of rotatable bonds is 9. The van der Waals surface area contributed by atoms with E-state index in [2.05, 4.69) is 15.2 Å². The maximum absolute atomic E-state index is 12.1. The molecule has 0 aliphatic carbocycles. The van der Waals surface area contributed by atoms with Crippen molar-refractivity contribution in [2.45, 2.75) is 13.8 Å². The van der Waals surface area contributed by atoms with Gasteiger partial charge in [0.25, 0.3) is 5.91 Å². The average molecular weight is 256 g/mol. The molecule has 1 heterocycles. The molecule has 0 saturated heterocycles. The van der Waals surface area contributed by atoms with Gasteiger partial charge in [0.2, 0.25) is 5.82 Å². The molecule has 0 unspecified atom stereocenters. The molecule has 0 aliphatic rings. The largest absolute Gasteiger partial charge is 0.380 e. The van der Waals surface area contributed by atoms with Gasteiger partial charge in [-0.2, -0.15) is 5.10 Å². The summed E-state index contributed by atoms with van der Waals surface area (Å²) in [7, 11) is 0. The van der Waals surface area contributed by atoms with Gasteiger partial charge in [0.15, 0.2) is 0 Å². The Hall–Kier alpha value is -1.47. The molecule has 0 saturated carbocycles. The van der Waals surface area contributed by atoms with E-state index >= 15 is 0 Å². The van der Waals surface area contributed by atoms with E-state index in [9.17, 15) is 4.79 Å². The lowest BCUT2D eigenvalue weighted by Crippen LogP contribution is -2.37. The highest BCUT2D eigenvalue weighted by atomic mass is 16.5. The Balaban J connectivity index is 2.49. The van der Waals surface area contributed by atoms with Gasteiger partial charge in [-0.15, -0.1) is 0 Å². The van der Waals surface area contributed by atoms with Crippen LogP contribution in [0.4, 0.5) is 0 Å². The zero-order valence-electron chi connectivity index (χ0n) is 10.9. The van der Waals surface area contributed by atoms with Crippen LogP contribution >= 0.6 is 0 Å². The van der Waals surface area contributed by atoms with Gasteiger partial charge in [0.1, 0.15) is 6.33 Å². The van der Waals surface area contributed by atoms with Crippen LogP contribution in [0.3, 0.4) is 0 Å². The molecule has 0 atom stereocenters. The van der Waals surface area contributed by atoms with Gasteiger partial charge in [0.05, 0.1) is 13.2 Å². The van der Waals surface area contributed by atoms with Crippen molar-refractivity contribution in [3.63, 3.8) is 0 Å². The number of H-pyrrole nitrogens is 1. The van der Waals surface area contributed by atoms with Crippen molar-refractivity contribution in [3.8, 4) is 0 Å². The van der Waals surface area contributed by atoms with Crippen molar-refractivity contribution in [1.29, 1.82) is 0 Å². The van der Waals surface area contributed by atoms with Crippen LogP contribution in [0.1, 0.15) is 24.5 Å². The fourth-order valence-corrected chi connectivity index (χ4v) is 1.41. The first-order chi connectivity index (χ1) is 8.79. The quantitative estimate of drug-likeness (QED) is 0.644. The normalized spacial score (nSPS) is 10.6. The molecule has 1 amide bonds. The van der Waals surface area contributed by atoms with Crippen LogP contribution in [0.2, 0.25) is 0 Å². The Morgan fingerprint density at radius 3 is 2.33 bits per heavy atom. The topological polar surface area (TPSA) is 80.3 Å². The first kappa shape index (κ1) is 14.6. The summed E-state index contributed by atoms with van der Waals surface area (Å²) in [5.41, 5.74) is 0. The van der Waals surface area contributed by atoms with Gasteiger partial charge in [-0.05, 0) is 13.8 Å². The van der Waals surface area contributed by atoms with E-state index in [4.69, 9.17) is 9.47 Å². The number of hydrogen-bond donors (Lipinski definition) is 1. The molecule has 1 rings (SSSR count). The Labute approximate surface area is 106 Å². The molecule has 1 aromatic rings. The first-order valence-electron chi connectivity index (χ1n) is 6.09. The van der Waals surface area contributed by atoms with Crippen molar-refractivity contribution in [3.05, 3.63) is 12.2 Å². The lowest BCUT2D eigenvalue weighted by atomic mass is 10.4. The zero-order chi connectivity index (χ0) is 13.2. The van der Waals surface area contributed by atoms with Crippen LogP contribution in [-0.4, -0.2) is 65.5 Å². The minimum Gasteiger partial charge on any atom is -0.380 e. The fourth-order valence-electron chi connectivity index (χ4n) is 1.41. The predicted molar refractivity (Wildman–Crippen MR) is 65.3 cm³/mol. The van der Waals surface area contributed by atoms with Crippen LogP contribution < -0.4 is 0 Å². The summed E-state index contributed by atoms with van der Waals surface area (Å²) in [5, 5.41) is 6.24. The van der Waals surface area contributed by atoms with E-state index < -0.39 is 0 Å². The van der Waals surface area contributed by atoms with Gasteiger partial charge in [0, 0.05) is 26.3 Å². The lowest BCUT2D eigenvalue weighted by Gasteiger charge is -2.21. The molecule has 0 aromatic carbocycles. The molecule has 0 bridgehead atoms. The smallest absolute Gasteiger partial charge is 0.291 e. The highest BCUT2D eigenvalue weighted by Crippen LogP contribution is 1.98. The SMILES string of the molecule is CCOCCN(CCOCC)C(=O)c1ncn[nH]1. The van der Waals surface area contributed by atoms with Crippen molar-refractivity contribution in [1.82, 2.24) is 20.1 Å². The number of carbonyl (C=O) groups is 1. The molecular weight excluding hydrogens is 236 g/mol. The third kappa shape index (κ3) is 4.80. The van der Waals surface area contributed by atoms with Gasteiger partial charge in [-0.3, -0.25) is 9.89 Å². The number of aromatic amines is 1. The number of amides is 1. The molecule has 1 N–H and O–H groups in total. The van der Waals surface area contributed by atoms with E-state index in [1.807, 2.05) is 13.8 Å². The number of nitrogens with one attached hydrogen (secondary N) is 1. The maximum Gasteiger partial charge on any atom is 0.291 e. The van der Waals surface area contributed by atoms with Crippen molar-refractivity contribution in [2.75, 3.05) is 39.5 Å². The fraction of sp³-hybridized carbons (Fsp3) is 0.727. The number of carbonyl (C=O) groups excluding carboxylic acids is 1. The number of ether oxygens (including phenoxy) is 2. The molecule has 102 valence electrons. The molecule has 0 spiro atoms. The van der Waals surface area contributed by atoms with E-state index in [0.29, 0.717) is 39.5 Å². The second-order valence-electron chi connectivity index (χ2n) is 3.52. The summed E-state index contributed by atoms with van der Waals surface area (Å²) in [6.45, 7) is 7.14. The standard InChI is InChI=1S/C11H20N4O3/c1-3-17-7-5-15(6-8-18-4-2)11(16)10-12-9-13-14-10/h9H,3-8H2,1-2H3,(H,12,13,14). The monoisotopic (exact) mass is 256 g/mol. The molecular formula is C11H20N4O3. The highest BCUT2D eigenvalue weighted by molar-refractivity contribution is 5.90. The van der Waals surface area contributed by atoms with Crippen LogP contribution in [-0.2, 0) is 9.47 Å². The van der Waals surface area contributed by atoms with Gasteiger partial charge < -0.3 is 14.4 Å². The van der Waals surface area contributed by atoms with Crippen LogP contribution in [0.5, 0.6) is 0 Å². The summed E-state index contributed by atoms with van der Waals surface area (Å²) in [4.78, 5) is 17.6. The second kappa shape index (κ2) is 8.60. The molecule has 7 heteroatoms. The molecule has 18 heavy (non-hydrogen) atoms. The summed E-state index contributed by atoms with van der Waals surface area (Å²) < 4.78 is 10.5. The first-order valence-corrected chi connectivity index (χ1v) is 6.09. The van der Waals surface area contributed by atoms with E-state index in [-0.39, 0.29) is 11.7 Å². The van der Waals surface area contributed by atoms with Crippen molar-refractivity contribution >= 4 is 5.91 Å². The zero-order valence-corrected chi connectivity index (χ0v) is 10.9. The number of hydrogen-bond acceptors (Lipinski definition) is 5. The van der Waals surface area contributed by atoms with Crippen molar-refractivity contribution in [2.24, 2.45) is 0 Å². The van der Waals surface area contributed by atoms with Crippen molar-refractivity contribution < 1.29 is 14.3 Å². The number of nitrogens with zero attached hydrogens (tertiary/aromatic N) is 3. The Morgan fingerprint density at radius 2 is 1.89 bits per heavy atom. The molecule has 1 aromatic heterocycles. The summed E-state index contributed by atoms with van der Waals surface area (Å²) in [6.07, 6.45) is 1.32. The van der Waals surface area contributed by atoms with Gasteiger partial charge >= 0.3 is 0 Å². The van der Waals surface area contributed by atoms with Crippen LogP contribution in [0, 0.1) is 0 Å². The third-order valence-corrected chi connectivity index (χ3v) is 2.32. The van der Waals surface area contributed by atoms with Crippen LogP contribution in [0.25, 0.3) is 0 Å². The lowest BCUT2D eigenvalue weighted by molar-refractivity contribution is 0.0540. The van der Waals surface area contributed by atoms with Gasteiger partial charge in [-0.25, -0.2) is 4.98 Å². The minimum atomic E-state index is -0.188. The Morgan fingerprint density at radius 1 is 1.28 bits per heavy atom. The summed E-state index contributed by atoms with van der Waals surface area (Å²) >= 11 is 0. The Kier molecular flexibility index (Phi) is 6.97. The third-order valence-electron chi connectivity index (χ3n) is 2.32. The van der Waals surface area contributed by atoms with Gasteiger partial charge in [-0.1, -0.05) is 0 Å².